The second-order valence-corrected chi connectivity index (χ2v) is 5.67. The summed E-state index contributed by atoms with van der Waals surface area (Å²) in [5.74, 6) is -0.522. The standard InChI is InChI=1S/C16H22N2O3/c17-14(10-12-4-2-1-3-5-12)16(21)18-9-8-13(11-18)6-7-15(19)20/h1-5,13-14H,6-11,17H2,(H,19,20)/t13?,14-/m0/s1. The number of carbonyl (C=O) groups excluding carboxylic acids is 1. The molecule has 2 atom stereocenters. The number of hydrogen-bond acceptors (Lipinski definition) is 3. The fourth-order valence-electron chi connectivity index (χ4n) is 2.79. The van der Waals surface area contributed by atoms with Crippen molar-refractivity contribution in [3.05, 3.63) is 35.9 Å². The summed E-state index contributed by atoms with van der Waals surface area (Å²) in [7, 11) is 0. The molecule has 114 valence electrons. The first-order valence-corrected chi connectivity index (χ1v) is 7.36. The van der Waals surface area contributed by atoms with Crippen LogP contribution in [0.2, 0.25) is 0 Å². The van der Waals surface area contributed by atoms with Crippen molar-refractivity contribution in [2.75, 3.05) is 13.1 Å². The Morgan fingerprint density at radius 1 is 1.33 bits per heavy atom. The average molecular weight is 290 g/mol. The zero-order valence-electron chi connectivity index (χ0n) is 12.1. The molecule has 1 aliphatic rings. The van der Waals surface area contributed by atoms with E-state index in [1.54, 1.807) is 4.90 Å². The molecular formula is C16H22N2O3. The van der Waals surface area contributed by atoms with Crippen molar-refractivity contribution in [3.8, 4) is 0 Å². The molecule has 0 bridgehead atoms. The molecule has 3 N–H and O–H groups in total. The number of rotatable bonds is 6. The molecule has 5 nitrogen and oxygen atoms in total. The Bertz CT molecular complexity index is 490. The molecule has 1 unspecified atom stereocenters. The minimum absolute atomic E-state index is 0.0309. The monoisotopic (exact) mass is 290 g/mol. The van der Waals surface area contributed by atoms with Gasteiger partial charge in [-0.1, -0.05) is 30.3 Å². The SMILES string of the molecule is N[C@@H](Cc1ccccc1)C(=O)N1CCC(CCC(=O)O)C1. The van der Waals surface area contributed by atoms with Crippen molar-refractivity contribution in [2.45, 2.75) is 31.7 Å². The molecule has 0 aromatic heterocycles. The van der Waals surface area contributed by atoms with Crippen LogP contribution in [0.15, 0.2) is 30.3 Å². The second kappa shape index (κ2) is 7.22. The lowest BCUT2D eigenvalue weighted by molar-refractivity contribution is -0.137. The molecule has 0 saturated carbocycles. The van der Waals surface area contributed by atoms with Crippen LogP contribution >= 0.6 is 0 Å². The number of amides is 1. The number of carboxylic acid groups (broad SMARTS) is 1. The first kappa shape index (κ1) is 15.5. The maximum absolute atomic E-state index is 12.3. The Morgan fingerprint density at radius 2 is 2.05 bits per heavy atom. The molecule has 0 radical (unpaired) electrons. The molecule has 1 fully saturated rings. The van der Waals surface area contributed by atoms with E-state index in [4.69, 9.17) is 10.8 Å². The van der Waals surface area contributed by atoms with Crippen molar-refractivity contribution in [1.82, 2.24) is 4.90 Å². The molecule has 1 amide bonds. The predicted octanol–water partition coefficient (Wildman–Crippen LogP) is 1.27. The number of benzene rings is 1. The summed E-state index contributed by atoms with van der Waals surface area (Å²) in [6, 6.07) is 9.21. The first-order valence-electron chi connectivity index (χ1n) is 7.36. The van der Waals surface area contributed by atoms with Crippen LogP contribution in [0, 0.1) is 5.92 Å². The highest BCUT2D eigenvalue weighted by atomic mass is 16.4. The summed E-state index contributed by atoms with van der Waals surface area (Å²) in [4.78, 5) is 24.7. The van der Waals surface area contributed by atoms with Gasteiger partial charge in [0.15, 0.2) is 0 Å². The van der Waals surface area contributed by atoms with Gasteiger partial charge in [-0.05, 0) is 30.7 Å². The number of nitrogens with two attached hydrogens (primary N) is 1. The Balaban J connectivity index is 1.82. The number of likely N-dealkylation sites (tertiary alicyclic amines) is 1. The highest BCUT2D eigenvalue weighted by molar-refractivity contribution is 5.82. The Labute approximate surface area is 124 Å². The van der Waals surface area contributed by atoms with Gasteiger partial charge in [0.25, 0.3) is 0 Å². The highest BCUT2D eigenvalue weighted by Crippen LogP contribution is 2.21. The largest absolute Gasteiger partial charge is 0.481 e. The molecular weight excluding hydrogens is 268 g/mol. The zero-order valence-corrected chi connectivity index (χ0v) is 12.1. The lowest BCUT2D eigenvalue weighted by Crippen LogP contribution is -2.43. The zero-order chi connectivity index (χ0) is 15.2. The molecule has 1 aliphatic heterocycles. The van der Waals surface area contributed by atoms with Crippen molar-refractivity contribution in [1.29, 1.82) is 0 Å². The number of aliphatic carboxylic acids is 1. The van der Waals surface area contributed by atoms with Gasteiger partial charge in [0.1, 0.15) is 0 Å². The third kappa shape index (κ3) is 4.56. The van der Waals surface area contributed by atoms with Crippen molar-refractivity contribution >= 4 is 11.9 Å². The minimum atomic E-state index is -0.777. The van der Waals surface area contributed by atoms with Crippen LogP contribution in [0.3, 0.4) is 0 Å². The number of nitrogens with zero attached hydrogens (tertiary/aromatic N) is 1. The lowest BCUT2D eigenvalue weighted by atomic mass is 10.0. The van der Waals surface area contributed by atoms with Gasteiger partial charge in [-0.15, -0.1) is 0 Å². The molecule has 0 aliphatic carbocycles. The van der Waals surface area contributed by atoms with E-state index in [9.17, 15) is 9.59 Å². The molecule has 5 heteroatoms. The number of carboxylic acids is 1. The van der Waals surface area contributed by atoms with E-state index in [2.05, 4.69) is 0 Å². The van der Waals surface area contributed by atoms with Gasteiger partial charge < -0.3 is 15.7 Å². The van der Waals surface area contributed by atoms with E-state index in [0.29, 0.717) is 25.9 Å². The van der Waals surface area contributed by atoms with E-state index in [1.165, 1.54) is 0 Å². The topological polar surface area (TPSA) is 83.6 Å². The minimum Gasteiger partial charge on any atom is -0.481 e. The van der Waals surface area contributed by atoms with E-state index >= 15 is 0 Å². The van der Waals surface area contributed by atoms with Gasteiger partial charge in [0.2, 0.25) is 5.91 Å². The van der Waals surface area contributed by atoms with Crippen molar-refractivity contribution < 1.29 is 14.7 Å². The summed E-state index contributed by atoms with van der Waals surface area (Å²) in [5.41, 5.74) is 7.07. The molecule has 0 spiro atoms. The van der Waals surface area contributed by atoms with Crippen LogP contribution in [-0.4, -0.2) is 41.0 Å². The van der Waals surface area contributed by atoms with Gasteiger partial charge in [0.05, 0.1) is 6.04 Å². The quantitative estimate of drug-likeness (QED) is 0.826. The third-order valence-electron chi connectivity index (χ3n) is 3.98. The van der Waals surface area contributed by atoms with Gasteiger partial charge in [-0.2, -0.15) is 0 Å². The van der Waals surface area contributed by atoms with E-state index in [-0.39, 0.29) is 18.2 Å². The van der Waals surface area contributed by atoms with E-state index in [0.717, 1.165) is 12.0 Å². The maximum atomic E-state index is 12.3. The molecule has 1 aromatic carbocycles. The van der Waals surface area contributed by atoms with E-state index in [1.807, 2.05) is 30.3 Å². The first-order chi connectivity index (χ1) is 10.1. The van der Waals surface area contributed by atoms with Crippen molar-refractivity contribution in [3.63, 3.8) is 0 Å². The average Bonchev–Trinajstić information content (AvgIpc) is 2.94. The predicted molar refractivity (Wildman–Crippen MR) is 79.7 cm³/mol. The van der Waals surface area contributed by atoms with Gasteiger partial charge in [-0.25, -0.2) is 0 Å². The summed E-state index contributed by atoms with van der Waals surface area (Å²) in [6.07, 6.45) is 2.21. The maximum Gasteiger partial charge on any atom is 0.303 e. The van der Waals surface area contributed by atoms with Crippen LogP contribution in [0.1, 0.15) is 24.8 Å². The van der Waals surface area contributed by atoms with Crippen LogP contribution < -0.4 is 5.73 Å². The van der Waals surface area contributed by atoms with E-state index < -0.39 is 12.0 Å². The van der Waals surface area contributed by atoms with Crippen LogP contribution in [-0.2, 0) is 16.0 Å². The number of hydrogen-bond donors (Lipinski definition) is 2. The summed E-state index contributed by atoms with van der Waals surface area (Å²) < 4.78 is 0. The van der Waals surface area contributed by atoms with Gasteiger partial charge in [-0.3, -0.25) is 9.59 Å². The molecule has 2 rings (SSSR count). The summed E-state index contributed by atoms with van der Waals surface area (Å²) in [5, 5.41) is 8.70. The summed E-state index contributed by atoms with van der Waals surface area (Å²) in [6.45, 7) is 1.32. The molecule has 1 heterocycles. The second-order valence-electron chi connectivity index (χ2n) is 5.67. The van der Waals surface area contributed by atoms with Gasteiger partial charge in [0, 0.05) is 19.5 Å². The van der Waals surface area contributed by atoms with Crippen LogP contribution in [0.25, 0.3) is 0 Å². The Morgan fingerprint density at radius 3 is 2.71 bits per heavy atom. The third-order valence-corrected chi connectivity index (χ3v) is 3.98. The molecule has 21 heavy (non-hydrogen) atoms. The summed E-state index contributed by atoms with van der Waals surface area (Å²) >= 11 is 0. The fraction of sp³-hybridized carbons (Fsp3) is 0.500. The Kier molecular flexibility index (Phi) is 5.33. The van der Waals surface area contributed by atoms with Gasteiger partial charge >= 0.3 is 5.97 Å². The molecule has 1 aromatic rings. The smallest absolute Gasteiger partial charge is 0.303 e. The molecule has 1 saturated heterocycles. The van der Waals surface area contributed by atoms with Crippen LogP contribution in [0.4, 0.5) is 0 Å². The van der Waals surface area contributed by atoms with Crippen molar-refractivity contribution in [2.24, 2.45) is 11.7 Å². The normalized spacial score (nSPS) is 19.5. The van der Waals surface area contributed by atoms with Crippen LogP contribution in [0.5, 0.6) is 0 Å². The highest BCUT2D eigenvalue weighted by Gasteiger charge is 2.29. The number of carbonyl (C=O) groups is 2. The Hall–Kier alpha value is -1.88. The fourth-order valence-corrected chi connectivity index (χ4v) is 2.79. The lowest BCUT2D eigenvalue weighted by Gasteiger charge is -2.21.